The van der Waals surface area contributed by atoms with Gasteiger partial charge in [-0.05, 0) is 65.8 Å². The van der Waals surface area contributed by atoms with E-state index in [1.807, 2.05) is 55.6 Å². The van der Waals surface area contributed by atoms with Gasteiger partial charge in [0.1, 0.15) is 12.1 Å². The van der Waals surface area contributed by atoms with Crippen LogP contribution in [0.25, 0.3) is 11.1 Å². The van der Waals surface area contributed by atoms with E-state index in [1.165, 1.54) is 11.8 Å². The molecule has 2 N–H and O–H groups in total. The number of carboxylic acid groups (broad SMARTS) is 1. The van der Waals surface area contributed by atoms with Crippen LogP contribution >= 0.6 is 11.8 Å². The van der Waals surface area contributed by atoms with E-state index in [-0.39, 0.29) is 20.3 Å². The number of nitrogens with one attached hydrogen (secondary N) is 1. The fraction of sp³-hybridized carbons (Fsp3) is 0.280. The van der Waals surface area contributed by atoms with Crippen molar-refractivity contribution in [3.8, 4) is 11.1 Å². The van der Waals surface area contributed by atoms with Crippen molar-refractivity contribution >= 4 is 23.6 Å². The molecular weight excluding hydrogens is 445 g/mol. The van der Waals surface area contributed by atoms with Gasteiger partial charge in [0.25, 0.3) is 5.91 Å². The largest absolute Gasteiger partial charge is 1.00 e. The number of amides is 1. The normalized spacial score (nSPS) is 12.3. The first-order chi connectivity index (χ1) is 16.0. The standard InChI is InChI=1S/C25H27N3O4S.Li.H/c1-16-6-4-5-7-19(16)21-14-17(23(32-2)18-10-12-26-27-15-18)8-9-20(21)24(29)28-22(25(30)31)11-13-33-3;;/h4-10,12,14-15,22-23H,11,13H2,1-3H3,(H,28,29)(H,30,31);;/q;+1;-1. The number of carboxylic acids is 1. The van der Waals surface area contributed by atoms with Gasteiger partial charge in [-0.3, -0.25) is 4.79 Å². The molecule has 9 heteroatoms. The maximum absolute atomic E-state index is 13.2. The van der Waals surface area contributed by atoms with Gasteiger partial charge in [-0.25, -0.2) is 4.79 Å². The Morgan fingerprint density at radius 1 is 1.12 bits per heavy atom. The molecule has 3 aromatic rings. The van der Waals surface area contributed by atoms with Gasteiger partial charge in [0.05, 0.1) is 6.20 Å². The first kappa shape index (κ1) is 27.6. The van der Waals surface area contributed by atoms with Crippen LogP contribution in [-0.2, 0) is 9.53 Å². The Morgan fingerprint density at radius 2 is 1.88 bits per heavy atom. The molecule has 2 aromatic carbocycles. The molecule has 0 saturated heterocycles. The summed E-state index contributed by atoms with van der Waals surface area (Å²) in [5, 5.41) is 20.0. The van der Waals surface area contributed by atoms with Crippen molar-refractivity contribution in [3.05, 3.63) is 83.2 Å². The van der Waals surface area contributed by atoms with E-state index in [0.29, 0.717) is 23.3 Å². The van der Waals surface area contributed by atoms with E-state index in [1.54, 1.807) is 25.6 Å². The third-order valence-corrected chi connectivity index (χ3v) is 6.03. The van der Waals surface area contributed by atoms with Crippen LogP contribution in [0.5, 0.6) is 0 Å². The molecular formula is C25H28LiN3O4S. The van der Waals surface area contributed by atoms with Crippen molar-refractivity contribution < 1.29 is 39.7 Å². The summed E-state index contributed by atoms with van der Waals surface area (Å²) >= 11 is 1.54. The number of thioether (sulfide) groups is 1. The zero-order chi connectivity index (χ0) is 23.8. The Kier molecular flexibility index (Phi) is 10.8. The van der Waals surface area contributed by atoms with Gasteiger partial charge in [0.15, 0.2) is 0 Å². The molecule has 3 rings (SSSR count). The molecule has 0 aliphatic rings. The quantitative estimate of drug-likeness (QED) is 0.427. The van der Waals surface area contributed by atoms with Crippen LogP contribution in [0.15, 0.2) is 60.9 Å². The Hall–Kier alpha value is -2.63. The van der Waals surface area contributed by atoms with E-state index in [2.05, 4.69) is 15.5 Å². The Morgan fingerprint density at radius 3 is 2.50 bits per heavy atom. The third kappa shape index (κ3) is 6.71. The number of hydrogen-bond acceptors (Lipinski definition) is 6. The summed E-state index contributed by atoms with van der Waals surface area (Å²) in [6, 6.07) is 14.1. The summed E-state index contributed by atoms with van der Waals surface area (Å²) in [5.74, 6) is -0.833. The molecule has 0 bridgehead atoms. The van der Waals surface area contributed by atoms with Crippen LogP contribution in [0.2, 0.25) is 0 Å². The van der Waals surface area contributed by atoms with Crippen molar-refractivity contribution in [1.82, 2.24) is 15.5 Å². The monoisotopic (exact) mass is 473 g/mol. The van der Waals surface area contributed by atoms with Crippen LogP contribution < -0.4 is 24.2 Å². The second-order valence-electron chi connectivity index (χ2n) is 7.56. The van der Waals surface area contributed by atoms with Crippen LogP contribution in [0.3, 0.4) is 0 Å². The van der Waals surface area contributed by atoms with Crippen LogP contribution in [0.4, 0.5) is 0 Å². The van der Waals surface area contributed by atoms with Crippen LogP contribution in [0.1, 0.15) is 41.0 Å². The van der Waals surface area contributed by atoms with E-state index < -0.39 is 24.0 Å². The summed E-state index contributed by atoms with van der Waals surface area (Å²) < 4.78 is 5.74. The fourth-order valence-corrected chi connectivity index (χ4v) is 4.14. The molecule has 2 unspecified atom stereocenters. The van der Waals surface area contributed by atoms with Gasteiger partial charge in [-0.1, -0.05) is 30.3 Å². The Labute approximate surface area is 217 Å². The van der Waals surface area contributed by atoms with E-state index in [9.17, 15) is 14.7 Å². The molecule has 0 aliphatic carbocycles. The average Bonchev–Trinajstić information content (AvgIpc) is 2.83. The fourth-order valence-electron chi connectivity index (χ4n) is 3.67. The number of hydrogen-bond donors (Lipinski definition) is 2. The summed E-state index contributed by atoms with van der Waals surface area (Å²) in [7, 11) is 1.61. The molecule has 0 aliphatic heterocycles. The number of carbonyl (C=O) groups is 2. The van der Waals surface area contributed by atoms with Gasteiger partial charge in [-0.15, -0.1) is 0 Å². The molecule has 174 valence electrons. The molecule has 34 heavy (non-hydrogen) atoms. The Bertz CT molecular complexity index is 1120. The molecule has 2 atom stereocenters. The van der Waals surface area contributed by atoms with Crippen molar-refractivity contribution in [2.24, 2.45) is 0 Å². The van der Waals surface area contributed by atoms with Crippen molar-refractivity contribution in [3.63, 3.8) is 0 Å². The van der Waals surface area contributed by atoms with Crippen molar-refractivity contribution in [2.45, 2.75) is 25.5 Å². The second kappa shape index (κ2) is 13.3. The van der Waals surface area contributed by atoms with Gasteiger partial charge in [-0.2, -0.15) is 22.0 Å². The van der Waals surface area contributed by atoms with Gasteiger partial charge in [0.2, 0.25) is 0 Å². The van der Waals surface area contributed by atoms with Gasteiger partial charge >= 0.3 is 24.8 Å². The Balaban J connectivity index is 0.00000306. The minimum atomic E-state index is -1.05. The smallest absolute Gasteiger partial charge is 1.00 e. The number of aromatic nitrogens is 2. The number of ether oxygens (including phenoxy) is 1. The minimum absolute atomic E-state index is 0. The summed E-state index contributed by atoms with van der Waals surface area (Å²) in [5.41, 5.74) is 4.69. The topological polar surface area (TPSA) is 101 Å². The zero-order valence-electron chi connectivity index (χ0n) is 20.8. The average molecular weight is 474 g/mol. The van der Waals surface area contributed by atoms with Crippen LogP contribution in [0, 0.1) is 6.92 Å². The van der Waals surface area contributed by atoms with Crippen molar-refractivity contribution in [1.29, 1.82) is 0 Å². The number of benzene rings is 2. The number of aliphatic carboxylic acids is 1. The van der Waals surface area contributed by atoms with Gasteiger partial charge < -0.3 is 16.6 Å². The maximum Gasteiger partial charge on any atom is 1.00 e. The summed E-state index contributed by atoms with van der Waals surface area (Å²) in [4.78, 5) is 24.9. The zero-order valence-corrected chi connectivity index (χ0v) is 20.6. The molecule has 0 fully saturated rings. The molecule has 1 aromatic heterocycles. The van der Waals surface area contributed by atoms with E-state index >= 15 is 0 Å². The number of carbonyl (C=O) groups excluding carboxylic acids is 1. The first-order valence-corrected chi connectivity index (χ1v) is 11.9. The molecule has 0 radical (unpaired) electrons. The predicted molar refractivity (Wildman–Crippen MR) is 130 cm³/mol. The maximum atomic E-state index is 13.2. The number of nitrogens with zero attached hydrogens (tertiary/aromatic N) is 2. The molecule has 1 amide bonds. The third-order valence-electron chi connectivity index (χ3n) is 5.39. The second-order valence-corrected chi connectivity index (χ2v) is 8.54. The molecule has 7 nitrogen and oxygen atoms in total. The van der Waals surface area contributed by atoms with E-state index in [0.717, 1.165) is 22.3 Å². The SMILES string of the molecule is COC(c1ccnnc1)c1ccc(C(=O)NC(CCSC)C(=O)O)c(-c2ccccc2C)c1.[H-].[Li+]. The number of rotatable bonds is 10. The van der Waals surface area contributed by atoms with Gasteiger partial charge in [0, 0.05) is 24.4 Å². The summed E-state index contributed by atoms with van der Waals surface area (Å²) in [6.45, 7) is 1.98. The van der Waals surface area contributed by atoms with Crippen molar-refractivity contribution in [2.75, 3.05) is 19.1 Å². The predicted octanol–water partition coefficient (Wildman–Crippen LogP) is 1.24. The van der Waals surface area contributed by atoms with Crippen LogP contribution in [-0.4, -0.2) is 52.3 Å². The minimum Gasteiger partial charge on any atom is -1.00 e. The molecule has 0 spiro atoms. The molecule has 1 heterocycles. The van der Waals surface area contributed by atoms with E-state index in [4.69, 9.17) is 4.74 Å². The first-order valence-electron chi connectivity index (χ1n) is 10.5. The number of aryl methyl sites for hydroxylation is 1. The number of methoxy groups -OCH3 is 1. The summed E-state index contributed by atoms with van der Waals surface area (Å²) in [6.07, 6.45) is 5.10. The molecule has 0 saturated carbocycles.